The van der Waals surface area contributed by atoms with Crippen LogP contribution in [0.15, 0.2) is 30.5 Å². The first-order chi connectivity index (χ1) is 9.72. The van der Waals surface area contributed by atoms with E-state index in [2.05, 4.69) is 25.1 Å². The topological polar surface area (TPSA) is 51.3 Å². The summed E-state index contributed by atoms with van der Waals surface area (Å²) in [5.74, 6) is 0.218. The molecule has 20 heavy (non-hydrogen) atoms. The maximum absolute atomic E-state index is 12.4. The van der Waals surface area contributed by atoms with Crippen LogP contribution >= 0.6 is 0 Å². The van der Waals surface area contributed by atoms with E-state index >= 15 is 0 Å². The second kappa shape index (κ2) is 5.29. The van der Waals surface area contributed by atoms with Gasteiger partial charge in [-0.25, -0.2) is 0 Å². The Morgan fingerprint density at radius 1 is 1.40 bits per heavy atom. The molecule has 0 spiro atoms. The van der Waals surface area contributed by atoms with Gasteiger partial charge in [-0.3, -0.25) is 4.79 Å². The Kier molecular flexibility index (Phi) is 3.49. The Morgan fingerprint density at radius 3 is 2.85 bits per heavy atom. The Bertz CT molecular complexity index is 628. The van der Waals surface area contributed by atoms with Crippen molar-refractivity contribution in [3.8, 4) is 0 Å². The molecule has 4 nitrogen and oxygen atoms in total. The fourth-order valence-corrected chi connectivity index (χ4v) is 2.78. The molecule has 1 amide bonds. The number of nitrogens with zero attached hydrogens (tertiary/aromatic N) is 2. The van der Waals surface area contributed by atoms with Crippen molar-refractivity contribution < 1.29 is 4.79 Å². The predicted molar refractivity (Wildman–Crippen MR) is 80.2 cm³/mol. The van der Waals surface area contributed by atoms with Crippen molar-refractivity contribution in [2.75, 3.05) is 6.54 Å². The summed E-state index contributed by atoms with van der Waals surface area (Å²) in [6, 6.07) is 8.71. The van der Waals surface area contributed by atoms with Crippen molar-refractivity contribution in [2.45, 2.75) is 38.9 Å². The lowest BCUT2D eigenvalue weighted by Gasteiger charge is -2.20. The molecule has 2 aromatic rings. The van der Waals surface area contributed by atoms with Crippen LogP contribution in [-0.2, 0) is 17.9 Å². The molecule has 0 bridgehead atoms. The van der Waals surface area contributed by atoms with Crippen LogP contribution in [0, 0.1) is 0 Å². The number of carbonyl (C=O) groups excluding carboxylic acids is 1. The number of hydrogen-bond acceptors (Lipinski definition) is 2. The molecule has 0 aliphatic heterocycles. The summed E-state index contributed by atoms with van der Waals surface area (Å²) in [6.07, 6.45) is 4.31. The summed E-state index contributed by atoms with van der Waals surface area (Å²) < 4.78 is 2.03. The van der Waals surface area contributed by atoms with Gasteiger partial charge in [-0.15, -0.1) is 0 Å². The van der Waals surface area contributed by atoms with Crippen LogP contribution in [-0.4, -0.2) is 28.0 Å². The van der Waals surface area contributed by atoms with E-state index in [1.807, 2.05) is 21.7 Å². The molecular formula is C16H21N3O. The number of aromatic nitrogens is 1. The summed E-state index contributed by atoms with van der Waals surface area (Å²) >= 11 is 0. The van der Waals surface area contributed by atoms with Gasteiger partial charge in [-0.2, -0.15) is 0 Å². The van der Waals surface area contributed by atoms with Gasteiger partial charge in [0.15, 0.2) is 0 Å². The van der Waals surface area contributed by atoms with Crippen LogP contribution in [0.2, 0.25) is 0 Å². The van der Waals surface area contributed by atoms with Gasteiger partial charge in [-0.1, -0.05) is 6.07 Å². The van der Waals surface area contributed by atoms with E-state index in [0.717, 1.165) is 35.9 Å². The quantitative estimate of drug-likeness (QED) is 0.905. The zero-order valence-electron chi connectivity index (χ0n) is 11.9. The van der Waals surface area contributed by atoms with E-state index in [1.54, 1.807) is 0 Å². The number of carbonyl (C=O) groups is 1. The number of hydrogen-bond donors (Lipinski definition) is 1. The number of fused-ring (bicyclic) bond motifs is 1. The third kappa shape index (κ3) is 2.43. The van der Waals surface area contributed by atoms with Gasteiger partial charge >= 0.3 is 0 Å². The summed E-state index contributed by atoms with van der Waals surface area (Å²) in [5, 5.41) is 1.15. The van der Waals surface area contributed by atoms with Gasteiger partial charge in [0.2, 0.25) is 5.91 Å². The van der Waals surface area contributed by atoms with Crippen LogP contribution in [0.3, 0.4) is 0 Å². The Labute approximate surface area is 119 Å². The van der Waals surface area contributed by atoms with Gasteiger partial charge < -0.3 is 15.2 Å². The molecule has 2 N–H and O–H groups in total. The predicted octanol–water partition coefficient (Wildman–Crippen LogP) is 2.11. The number of amides is 1. The largest absolute Gasteiger partial charge is 0.338 e. The molecule has 0 unspecified atom stereocenters. The van der Waals surface area contributed by atoms with Crippen molar-refractivity contribution in [3.05, 3.63) is 36.0 Å². The van der Waals surface area contributed by atoms with Gasteiger partial charge in [0.05, 0.1) is 0 Å². The smallest absolute Gasteiger partial charge is 0.242 e. The normalized spacial score (nSPS) is 14.7. The molecule has 4 heteroatoms. The third-order valence-corrected chi connectivity index (χ3v) is 4.03. The molecule has 1 aliphatic carbocycles. The minimum absolute atomic E-state index is 0.218. The Morgan fingerprint density at radius 2 is 2.20 bits per heavy atom. The van der Waals surface area contributed by atoms with E-state index in [0.29, 0.717) is 19.1 Å². The van der Waals surface area contributed by atoms with Crippen molar-refractivity contribution >= 4 is 16.8 Å². The lowest BCUT2D eigenvalue weighted by molar-refractivity contribution is -0.132. The zero-order chi connectivity index (χ0) is 14.1. The molecule has 1 fully saturated rings. The van der Waals surface area contributed by atoms with Gasteiger partial charge in [-0.05, 0) is 48.9 Å². The van der Waals surface area contributed by atoms with E-state index in [1.165, 1.54) is 0 Å². The molecule has 1 aliphatic rings. The number of benzene rings is 1. The molecule has 1 saturated carbocycles. The maximum atomic E-state index is 12.4. The molecule has 1 aromatic heterocycles. The molecular weight excluding hydrogens is 250 g/mol. The van der Waals surface area contributed by atoms with E-state index in [4.69, 9.17) is 5.73 Å². The minimum Gasteiger partial charge on any atom is -0.338 e. The van der Waals surface area contributed by atoms with E-state index in [9.17, 15) is 4.79 Å². The zero-order valence-corrected chi connectivity index (χ0v) is 11.9. The number of likely N-dealkylation sites (N-methyl/N-ethyl adjacent to an activating group) is 1. The fraction of sp³-hybridized carbons (Fsp3) is 0.438. The van der Waals surface area contributed by atoms with Crippen LogP contribution < -0.4 is 5.73 Å². The summed E-state index contributed by atoms with van der Waals surface area (Å²) in [7, 11) is 0. The highest BCUT2D eigenvalue weighted by Gasteiger charge is 2.31. The molecule has 1 heterocycles. The average Bonchev–Trinajstić information content (AvgIpc) is 3.21. The lowest BCUT2D eigenvalue weighted by Crippen LogP contribution is -2.35. The standard InChI is InChI=1S/C16H21N3O/c1-2-19(14-4-5-14)16(20)11-18-8-7-13-9-12(10-17)3-6-15(13)18/h3,6-9,14H,2,4-5,10-11,17H2,1H3. The van der Waals surface area contributed by atoms with Gasteiger partial charge in [0.25, 0.3) is 0 Å². The van der Waals surface area contributed by atoms with Gasteiger partial charge in [0, 0.05) is 30.8 Å². The summed E-state index contributed by atoms with van der Waals surface area (Å²) in [4.78, 5) is 14.4. The number of nitrogens with two attached hydrogens (primary N) is 1. The van der Waals surface area contributed by atoms with Crippen LogP contribution in [0.25, 0.3) is 10.9 Å². The van der Waals surface area contributed by atoms with E-state index in [-0.39, 0.29) is 5.91 Å². The first kappa shape index (κ1) is 13.2. The molecule has 0 saturated heterocycles. The second-order valence-corrected chi connectivity index (χ2v) is 5.45. The highest BCUT2D eigenvalue weighted by Crippen LogP contribution is 2.27. The van der Waals surface area contributed by atoms with Crippen LogP contribution in [0.1, 0.15) is 25.3 Å². The van der Waals surface area contributed by atoms with Crippen LogP contribution in [0.5, 0.6) is 0 Å². The average molecular weight is 271 g/mol. The first-order valence-corrected chi connectivity index (χ1v) is 7.30. The highest BCUT2D eigenvalue weighted by atomic mass is 16.2. The minimum atomic E-state index is 0.218. The van der Waals surface area contributed by atoms with E-state index < -0.39 is 0 Å². The van der Waals surface area contributed by atoms with Crippen molar-refractivity contribution in [1.29, 1.82) is 0 Å². The third-order valence-electron chi connectivity index (χ3n) is 4.03. The molecule has 106 valence electrons. The van der Waals surface area contributed by atoms with Crippen molar-refractivity contribution in [3.63, 3.8) is 0 Å². The van der Waals surface area contributed by atoms with Crippen molar-refractivity contribution in [2.24, 2.45) is 5.73 Å². The molecule has 0 atom stereocenters. The second-order valence-electron chi connectivity index (χ2n) is 5.45. The summed E-state index contributed by atoms with van der Waals surface area (Å²) in [5.41, 5.74) is 7.88. The SMILES string of the molecule is CCN(C(=O)Cn1ccc2cc(CN)ccc21)C1CC1. The maximum Gasteiger partial charge on any atom is 0.242 e. The van der Waals surface area contributed by atoms with Crippen LogP contribution in [0.4, 0.5) is 0 Å². The molecule has 1 aromatic carbocycles. The highest BCUT2D eigenvalue weighted by molar-refractivity contribution is 5.84. The Hall–Kier alpha value is -1.81. The molecule has 0 radical (unpaired) electrons. The lowest BCUT2D eigenvalue weighted by atomic mass is 10.1. The molecule has 3 rings (SSSR count). The number of rotatable bonds is 5. The van der Waals surface area contributed by atoms with Gasteiger partial charge in [0.1, 0.15) is 6.54 Å². The Balaban J connectivity index is 1.81. The van der Waals surface area contributed by atoms with Crippen molar-refractivity contribution in [1.82, 2.24) is 9.47 Å². The first-order valence-electron chi connectivity index (χ1n) is 7.30. The fourth-order valence-electron chi connectivity index (χ4n) is 2.78. The monoisotopic (exact) mass is 271 g/mol. The summed E-state index contributed by atoms with van der Waals surface area (Å²) in [6.45, 7) is 3.83.